The maximum atomic E-state index is 14.8. The minimum absolute atomic E-state index is 0.142. The molecule has 1 aromatic heterocycles. The van der Waals surface area contributed by atoms with Crippen LogP contribution in [-0.4, -0.2) is 34.2 Å². The second-order valence-electron chi connectivity index (χ2n) is 9.07. The largest absolute Gasteiger partial charge is 0.339 e. The average Bonchev–Trinajstić information content (AvgIpc) is 3.24. The number of halogens is 2. The van der Waals surface area contributed by atoms with E-state index in [2.05, 4.69) is 5.32 Å². The Balaban J connectivity index is 1.69. The minimum atomic E-state index is -1.06. The number of nitrogens with one attached hydrogen (secondary N) is 1. The van der Waals surface area contributed by atoms with E-state index in [0.717, 1.165) is 11.3 Å². The number of rotatable bonds is 5. The molecule has 0 bridgehead atoms. The number of likely N-dealkylation sites (N-methyl/N-ethyl adjacent to an activating group) is 1. The summed E-state index contributed by atoms with van der Waals surface area (Å²) in [5, 5.41) is 7.56. The molecule has 1 N–H and O–H groups in total. The van der Waals surface area contributed by atoms with Crippen molar-refractivity contribution in [3.8, 4) is 5.69 Å². The van der Waals surface area contributed by atoms with Crippen LogP contribution in [0.5, 0.6) is 0 Å². The molecule has 188 valence electrons. The summed E-state index contributed by atoms with van der Waals surface area (Å²) in [6.07, 6.45) is 0. The molecule has 0 radical (unpaired) electrons. The number of amides is 2. The molecular weight excluding hydrogens is 474 g/mol. The lowest BCUT2D eigenvalue weighted by atomic mass is 9.81. The first-order valence-electron chi connectivity index (χ1n) is 12.1. The van der Waals surface area contributed by atoms with Gasteiger partial charge in [0.15, 0.2) is 0 Å². The van der Waals surface area contributed by atoms with Crippen LogP contribution in [0.15, 0.2) is 72.8 Å². The second kappa shape index (κ2) is 9.61. The summed E-state index contributed by atoms with van der Waals surface area (Å²) in [6, 6.07) is 18.8. The van der Waals surface area contributed by atoms with E-state index in [4.69, 9.17) is 5.10 Å². The standard InChI is InChI=1S/C29H26F2N4O2/c1-4-34-28-23(18(3)33-35(28)21-10-6-5-7-11-21)24(19-13-15-20(30)16-14-19)26(29(34)37)32-27(36)22-12-8-9-17(2)25(22)31/h5-16,24,26H,4H2,1-3H3,(H,32,36)/t24?,26-/m0/s1. The van der Waals surface area contributed by atoms with E-state index >= 15 is 0 Å². The number of hydrogen-bond donors (Lipinski definition) is 1. The highest BCUT2D eigenvalue weighted by Crippen LogP contribution is 2.43. The zero-order valence-corrected chi connectivity index (χ0v) is 20.7. The molecule has 4 aromatic rings. The van der Waals surface area contributed by atoms with Gasteiger partial charge in [0.25, 0.3) is 11.8 Å². The van der Waals surface area contributed by atoms with Crippen LogP contribution in [0.3, 0.4) is 0 Å². The first kappa shape index (κ1) is 24.4. The van der Waals surface area contributed by atoms with E-state index in [-0.39, 0.29) is 11.5 Å². The summed E-state index contributed by atoms with van der Waals surface area (Å²) in [7, 11) is 0. The maximum Gasteiger partial charge on any atom is 0.254 e. The Morgan fingerprint density at radius 3 is 2.35 bits per heavy atom. The number of nitrogens with zero attached hydrogens (tertiary/aromatic N) is 3. The van der Waals surface area contributed by atoms with Gasteiger partial charge in [-0.15, -0.1) is 0 Å². The van der Waals surface area contributed by atoms with E-state index in [9.17, 15) is 18.4 Å². The fraction of sp³-hybridized carbons (Fsp3) is 0.207. The highest BCUT2D eigenvalue weighted by atomic mass is 19.1. The third kappa shape index (κ3) is 4.18. The number of carbonyl (C=O) groups is 2. The molecule has 2 amide bonds. The lowest BCUT2D eigenvalue weighted by Crippen LogP contribution is -2.55. The van der Waals surface area contributed by atoms with Crippen molar-refractivity contribution in [2.45, 2.75) is 32.7 Å². The van der Waals surface area contributed by atoms with Crippen LogP contribution < -0.4 is 10.2 Å². The van der Waals surface area contributed by atoms with Crippen molar-refractivity contribution >= 4 is 17.6 Å². The van der Waals surface area contributed by atoms with Gasteiger partial charge < -0.3 is 5.32 Å². The van der Waals surface area contributed by atoms with E-state index < -0.39 is 29.5 Å². The van der Waals surface area contributed by atoms with Crippen molar-refractivity contribution in [1.29, 1.82) is 0 Å². The first-order chi connectivity index (χ1) is 17.8. The van der Waals surface area contributed by atoms with E-state index in [1.807, 2.05) is 44.2 Å². The quantitative estimate of drug-likeness (QED) is 0.416. The lowest BCUT2D eigenvalue weighted by Gasteiger charge is -2.38. The van der Waals surface area contributed by atoms with E-state index in [1.165, 1.54) is 18.2 Å². The molecule has 0 fully saturated rings. The number of benzene rings is 3. The number of aromatic nitrogens is 2. The van der Waals surface area contributed by atoms with Crippen LogP contribution in [0.1, 0.15) is 45.6 Å². The summed E-state index contributed by atoms with van der Waals surface area (Å²) < 4.78 is 30.4. The van der Waals surface area contributed by atoms with Gasteiger partial charge in [-0.1, -0.05) is 42.5 Å². The van der Waals surface area contributed by atoms with Crippen LogP contribution in [0, 0.1) is 25.5 Å². The molecule has 0 saturated heterocycles. The smallest absolute Gasteiger partial charge is 0.254 e. The van der Waals surface area contributed by atoms with Crippen molar-refractivity contribution in [3.05, 3.63) is 112 Å². The SMILES string of the molecule is CCN1C(=O)[C@@H](NC(=O)c2cccc(C)c2F)C(c2ccc(F)cc2)c2c(C)nn(-c3ccccc3)c21. The van der Waals surface area contributed by atoms with Gasteiger partial charge in [-0.3, -0.25) is 14.5 Å². The predicted molar refractivity (Wildman–Crippen MR) is 137 cm³/mol. The van der Waals surface area contributed by atoms with Gasteiger partial charge in [0.1, 0.15) is 23.5 Å². The minimum Gasteiger partial charge on any atom is -0.339 e. The van der Waals surface area contributed by atoms with Crippen molar-refractivity contribution in [2.24, 2.45) is 0 Å². The first-order valence-corrected chi connectivity index (χ1v) is 12.1. The number of carbonyl (C=O) groups excluding carboxylic acids is 2. The van der Waals surface area contributed by atoms with Gasteiger partial charge in [0.05, 0.1) is 16.9 Å². The molecule has 37 heavy (non-hydrogen) atoms. The second-order valence-corrected chi connectivity index (χ2v) is 9.07. The van der Waals surface area contributed by atoms with Crippen LogP contribution in [0.2, 0.25) is 0 Å². The van der Waals surface area contributed by atoms with Crippen molar-refractivity contribution < 1.29 is 18.4 Å². The summed E-state index contributed by atoms with van der Waals surface area (Å²) in [5.41, 5.74) is 3.01. The van der Waals surface area contributed by atoms with Crippen LogP contribution >= 0.6 is 0 Å². The van der Waals surface area contributed by atoms with Crippen molar-refractivity contribution in [2.75, 3.05) is 11.4 Å². The summed E-state index contributed by atoms with van der Waals surface area (Å²) in [4.78, 5) is 28.8. The summed E-state index contributed by atoms with van der Waals surface area (Å²) in [5.74, 6) is -2.18. The van der Waals surface area contributed by atoms with E-state index in [0.29, 0.717) is 29.2 Å². The number of para-hydroxylation sites is 1. The zero-order valence-electron chi connectivity index (χ0n) is 20.7. The Hall–Kier alpha value is -4.33. The van der Waals surface area contributed by atoms with Crippen molar-refractivity contribution in [1.82, 2.24) is 15.1 Å². The number of anilines is 1. The molecule has 2 heterocycles. The molecular formula is C29H26F2N4O2. The Morgan fingerprint density at radius 2 is 1.68 bits per heavy atom. The molecule has 3 aromatic carbocycles. The van der Waals surface area contributed by atoms with Crippen LogP contribution in [0.25, 0.3) is 5.69 Å². The summed E-state index contributed by atoms with van der Waals surface area (Å²) in [6.45, 7) is 5.59. The van der Waals surface area contributed by atoms with Gasteiger partial charge in [0, 0.05) is 18.0 Å². The molecule has 6 nitrogen and oxygen atoms in total. The normalized spacial score (nSPS) is 17.0. The van der Waals surface area contributed by atoms with Gasteiger partial charge in [-0.2, -0.15) is 5.10 Å². The zero-order chi connectivity index (χ0) is 26.3. The third-order valence-corrected chi connectivity index (χ3v) is 6.78. The predicted octanol–water partition coefficient (Wildman–Crippen LogP) is 5.06. The Kier molecular flexibility index (Phi) is 6.33. The topological polar surface area (TPSA) is 67.2 Å². The Bertz CT molecular complexity index is 1480. The fourth-order valence-electron chi connectivity index (χ4n) is 5.00. The monoisotopic (exact) mass is 500 g/mol. The number of aryl methyl sites for hydroxylation is 2. The number of fused-ring (bicyclic) bond motifs is 1. The van der Waals surface area contributed by atoms with Gasteiger partial charge >= 0.3 is 0 Å². The highest BCUT2D eigenvalue weighted by Gasteiger charge is 2.45. The number of hydrogen-bond acceptors (Lipinski definition) is 3. The highest BCUT2D eigenvalue weighted by molar-refractivity contribution is 6.05. The molecule has 5 rings (SSSR count). The molecule has 1 unspecified atom stereocenters. The lowest BCUT2D eigenvalue weighted by molar-refractivity contribution is -0.121. The molecule has 0 spiro atoms. The average molecular weight is 501 g/mol. The molecule has 0 saturated carbocycles. The molecule has 0 aliphatic carbocycles. The van der Waals surface area contributed by atoms with Crippen LogP contribution in [-0.2, 0) is 4.79 Å². The Labute approximate surface area is 213 Å². The third-order valence-electron chi connectivity index (χ3n) is 6.78. The van der Waals surface area contributed by atoms with E-state index in [1.54, 1.807) is 40.8 Å². The maximum absolute atomic E-state index is 14.8. The van der Waals surface area contributed by atoms with Gasteiger partial charge in [-0.05, 0) is 62.2 Å². The molecule has 8 heteroatoms. The molecule has 2 atom stereocenters. The van der Waals surface area contributed by atoms with Crippen LogP contribution in [0.4, 0.5) is 14.6 Å². The van der Waals surface area contributed by atoms with Gasteiger partial charge in [0.2, 0.25) is 0 Å². The Morgan fingerprint density at radius 1 is 0.973 bits per heavy atom. The molecule has 1 aliphatic rings. The van der Waals surface area contributed by atoms with Crippen molar-refractivity contribution in [3.63, 3.8) is 0 Å². The fourth-order valence-corrected chi connectivity index (χ4v) is 5.00. The molecule has 1 aliphatic heterocycles. The summed E-state index contributed by atoms with van der Waals surface area (Å²) >= 11 is 0. The van der Waals surface area contributed by atoms with Gasteiger partial charge in [-0.25, -0.2) is 13.5 Å².